The Balaban J connectivity index is 3.72. The maximum atomic E-state index is 9.53. The molecule has 0 unspecified atom stereocenters. The van der Waals surface area contributed by atoms with Gasteiger partial charge in [0.25, 0.3) is 0 Å². The van der Waals surface area contributed by atoms with Gasteiger partial charge in [0.15, 0.2) is 10.8 Å². The van der Waals surface area contributed by atoms with Gasteiger partial charge in [0, 0.05) is 5.41 Å². The molecule has 1 fully saturated rings. The highest BCUT2D eigenvalue weighted by atomic mass is 14.7. The normalized spacial score (nSPS) is 25.8. The molecule has 0 heterocycles. The molecule has 1 aliphatic rings. The first-order valence-corrected chi connectivity index (χ1v) is 5.85. The Morgan fingerprint density at radius 2 is 1.17 bits per heavy atom. The summed E-state index contributed by atoms with van der Waals surface area (Å²) in [5.41, 5.74) is -4.18. The second-order valence-electron chi connectivity index (χ2n) is 6.11. The highest BCUT2D eigenvalue weighted by Gasteiger charge is 2.69. The van der Waals surface area contributed by atoms with Crippen LogP contribution < -0.4 is 0 Å². The molecule has 4 heteroatoms. The van der Waals surface area contributed by atoms with Gasteiger partial charge in [-0.2, -0.15) is 21.0 Å². The molecule has 1 aliphatic carbocycles. The van der Waals surface area contributed by atoms with Gasteiger partial charge in [-0.1, -0.05) is 27.7 Å². The number of rotatable bonds is 0. The minimum absolute atomic E-state index is 0.261. The lowest BCUT2D eigenvalue weighted by Crippen LogP contribution is -2.58. The molecule has 0 amide bonds. The summed E-state index contributed by atoms with van der Waals surface area (Å²) in [5, 5.41) is 37.8. The largest absolute Gasteiger partial charge is 0.196 e. The summed E-state index contributed by atoms with van der Waals surface area (Å²) in [6, 6.07) is 7.89. The zero-order valence-corrected chi connectivity index (χ0v) is 11.2. The average Bonchev–Trinajstić information content (AvgIpc) is 2.33. The van der Waals surface area contributed by atoms with Crippen LogP contribution in [-0.2, 0) is 0 Å². The van der Waals surface area contributed by atoms with Crippen molar-refractivity contribution in [2.75, 3.05) is 0 Å². The molecule has 1 saturated carbocycles. The van der Waals surface area contributed by atoms with Crippen LogP contribution in [0.25, 0.3) is 0 Å². The van der Waals surface area contributed by atoms with Crippen molar-refractivity contribution in [3.05, 3.63) is 0 Å². The average molecular weight is 240 g/mol. The van der Waals surface area contributed by atoms with E-state index < -0.39 is 16.2 Å². The van der Waals surface area contributed by atoms with Crippen LogP contribution in [0.4, 0.5) is 0 Å². The van der Waals surface area contributed by atoms with E-state index in [0.717, 1.165) is 0 Å². The Morgan fingerprint density at radius 3 is 1.50 bits per heavy atom. The summed E-state index contributed by atoms with van der Waals surface area (Å²) < 4.78 is 0. The van der Waals surface area contributed by atoms with Gasteiger partial charge in [-0.3, -0.25) is 0 Å². The van der Waals surface area contributed by atoms with Crippen LogP contribution in [0, 0.1) is 67.0 Å². The van der Waals surface area contributed by atoms with Crippen molar-refractivity contribution in [3.8, 4) is 24.3 Å². The fourth-order valence-corrected chi connectivity index (χ4v) is 2.84. The van der Waals surface area contributed by atoms with E-state index >= 15 is 0 Å². The van der Waals surface area contributed by atoms with E-state index in [4.69, 9.17) is 0 Å². The van der Waals surface area contributed by atoms with Crippen LogP contribution in [0.2, 0.25) is 0 Å². The SMILES string of the molecule is CC1(C)CCC(C#N)(C#N)C(C#N)(C#N)C1(C)C. The third-order valence-corrected chi connectivity index (χ3v) is 5.11. The summed E-state index contributed by atoms with van der Waals surface area (Å²) in [7, 11) is 0. The van der Waals surface area contributed by atoms with E-state index in [1.165, 1.54) is 0 Å². The Hall–Kier alpha value is -2.04. The molecule has 0 spiro atoms. The summed E-state index contributed by atoms with van der Waals surface area (Å²) >= 11 is 0. The van der Waals surface area contributed by atoms with Gasteiger partial charge in [0.05, 0.1) is 24.3 Å². The lowest BCUT2D eigenvalue weighted by Gasteiger charge is -2.56. The third kappa shape index (κ3) is 1.21. The van der Waals surface area contributed by atoms with Crippen LogP contribution >= 0.6 is 0 Å². The van der Waals surface area contributed by atoms with Crippen molar-refractivity contribution in [3.63, 3.8) is 0 Å². The van der Waals surface area contributed by atoms with Crippen molar-refractivity contribution in [2.24, 2.45) is 21.7 Å². The standard InChI is InChI=1S/C14H16N4/c1-11(2)5-6-13(7-15,8-16)14(9-17,10-18)12(11,3)4/h5-6H2,1-4H3. The van der Waals surface area contributed by atoms with Crippen LogP contribution in [0.3, 0.4) is 0 Å². The number of nitriles is 4. The highest BCUT2D eigenvalue weighted by Crippen LogP contribution is 2.65. The molecule has 0 bridgehead atoms. The van der Waals surface area contributed by atoms with Crippen LogP contribution in [-0.4, -0.2) is 0 Å². The van der Waals surface area contributed by atoms with E-state index in [2.05, 4.69) is 0 Å². The maximum Gasteiger partial charge on any atom is 0.180 e. The number of nitrogens with zero attached hydrogens (tertiary/aromatic N) is 4. The fraction of sp³-hybridized carbons (Fsp3) is 0.714. The summed E-state index contributed by atoms with van der Waals surface area (Å²) in [4.78, 5) is 0. The molecule has 0 aromatic heterocycles. The van der Waals surface area contributed by atoms with E-state index in [-0.39, 0.29) is 11.8 Å². The lowest BCUT2D eigenvalue weighted by molar-refractivity contribution is -0.0674. The Kier molecular flexibility index (Phi) is 2.91. The van der Waals surface area contributed by atoms with E-state index in [1.54, 1.807) is 0 Å². The third-order valence-electron chi connectivity index (χ3n) is 5.11. The molecule has 0 aromatic rings. The molecule has 4 nitrogen and oxygen atoms in total. The summed E-state index contributed by atoms with van der Waals surface area (Å²) in [6.45, 7) is 7.58. The Bertz CT molecular complexity index is 500. The quantitative estimate of drug-likeness (QED) is 0.650. The predicted octanol–water partition coefficient (Wildman–Crippen LogP) is 2.90. The minimum atomic E-state index is -1.61. The van der Waals surface area contributed by atoms with Gasteiger partial charge in [-0.15, -0.1) is 0 Å². The van der Waals surface area contributed by atoms with Crippen molar-refractivity contribution < 1.29 is 0 Å². The molecule has 92 valence electrons. The van der Waals surface area contributed by atoms with Crippen LogP contribution in [0.1, 0.15) is 40.5 Å². The maximum absolute atomic E-state index is 9.53. The van der Waals surface area contributed by atoms with Gasteiger partial charge in [0.2, 0.25) is 0 Å². The minimum Gasteiger partial charge on any atom is -0.196 e. The zero-order valence-electron chi connectivity index (χ0n) is 11.2. The first kappa shape index (κ1) is 14.0. The van der Waals surface area contributed by atoms with Crippen LogP contribution in [0.5, 0.6) is 0 Å². The van der Waals surface area contributed by atoms with Gasteiger partial charge in [-0.05, 0) is 18.3 Å². The molecule has 0 aromatic carbocycles. The molecule has 0 radical (unpaired) electrons. The first-order valence-electron chi connectivity index (χ1n) is 5.85. The molecule has 18 heavy (non-hydrogen) atoms. The lowest BCUT2D eigenvalue weighted by atomic mass is 9.41. The molecule has 1 rings (SSSR count). The van der Waals surface area contributed by atoms with Crippen LogP contribution in [0.15, 0.2) is 0 Å². The Labute approximate surface area is 108 Å². The van der Waals surface area contributed by atoms with E-state index in [9.17, 15) is 21.0 Å². The topological polar surface area (TPSA) is 95.2 Å². The molecular weight excluding hydrogens is 224 g/mol. The summed E-state index contributed by atoms with van der Waals surface area (Å²) in [6.07, 6.45) is 0.907. The monoisotopic (exact) mass is 240 g/mol. The van der Waals surface area contributed by atoms with Gasteiger partial charge < -0.3 is 0 Å². The fourth-order valence-electron chi connectivity index (χ4n) is 2.84. The smallest absolute Gasteiger partial charge is 0.180 e. The van der Waals surface area contributed by atoms with Gasteiger partial charge in [0.1, 0.15) is 0 Å². The van der Waals surface area contributed by atoms with E-state index in [1.807, 2.05) is 52.0 Å². The molecule has 0 saturated heterocycles. The molecule has 0 N–H and O–H groups in total. The highest BCUT2D eigenvalue weighted by molar-refractivity contribution is 5.40. The zero-order chi connectivity index (χ0) is 14.2. The van der Waals surface area contributed by atoms with E-state index in [0.29, 0.717) is 6.42 Å². The van der Waals surface area contributed by atoms with Gasteiger partial charge >= 0.3 is 0 Å². The predicted molar refractivity (Wildman–Crippen MR) is 64.1 cm³/mol. The van der Waals surface area contributed by atoms with Crippen molar-refractivity contribution in [2.45, 2.75) is 40.5 Å². The Morgan fingerprint density at radius 1 is 0.722 bits per heavy atom. The second-order valence-corrected chi connectivity index (χ2v) is 6.11. The van der Waals surface area contributed by atoms with Crippen molar-refractivity contribution in [1.29, 1.82) is 21.0 Å². The van der Waals surface area contributed by atoms with Crippen molar-refractivity contribution >= 4 is 0 Å². The van der Waals surface area contributed by atoms with Gasteiger partial charge in [-0.25, -0.2) is 0 Å². The first-order chi connectivity index (χ1) is 8.20. The molecule has 0 atom stereocenters. The second kappa shape index (κ2) is 3.73. The summed E-state index contributed by atoms with van der Waals surface area (Å²) in [5.74, 6) is 0. The number of hydrogen-bond donors (Lipinski definition) is 0. The molecule has 0 aliphatic heterocycles. The van der Waals surface area contributed by atoms with Crippen molar-refractivity contribution in [1.82, 2.24) is 0 Å². The number of hydrogen-bond acceptors (Lipinski definition) is 4. The molecular formula is C14H16N4.